The molecule has 2 unspecified atom stereocenters. The summed E-state index contributed by atoms with van der Waals surface area (Å²) in [4.78, 5) is 0. The van der Waals surface area contributed by atoms with E-state index in [4.69, 9.17) is 4.74 Å². The van der Waals surface area contributed by atoms with Crippen LogP contribution in [0, 0.1) is 19.8 Å². The molecule has 1 heterocycles. The zero-order chi connectivity index (χ0) is 12.3. The van der Waals surface area contributed by atoms with Crippen molar-refractivity contribution in [3.05, 3.63) is 34.9 Å². The van der Waals surface area contributed by atoms with Crippen molar-refractivity contribution < 1.29 is 4.74 Å². The van der Waals surface area contributed by atoms with E-state index in [1.807, 2.05) is 0 Å². The predicted octanol–water partition coefficient (Wildman–Crippen LogP) is 2.47. The minimum absolute atomic E-state index is 0.602. The van der Waals surface area contributed by atoms with Gasteiger partial charge in [-0.05, 0) is 50.4 Å². The number of rotatable bonds is 3. The molecule has 0 aromatic heterocycles. The number of nitrogens with one attached hydrogen (secondary N) is 1. The molecule has 0 aliphatic carbocycles. The van der Waals surface area contributed by atoms with Gasteiger partial charge in [-0.25, -0.2) is 0 Å². The highest BCUT2D eigenvalue weighted by Crippen LogP contribution is 2.21. The Hall–Kier alpha value is -0.860. The van der Waals surface area contributed by atoms with E-state index in [9.17, 15) is 0 Å². The van der Waals surface area contributed by atoms with Crippen molar-refractivity contribution in [1.29, 1.82) is 0 Å². The van der Waals surface area contributed by atoms with Gasteiger partial charge in [0.15, 0.2) is 0 Å². The molecule has 2 rings (SSSR count). The smallest absolute Gasteiger partial charge is 0.0512 e. The monoisotopic (exact) mass is 233 g/mol. The van der Waals surface area contributed by atoms with Gasteiger partial charge >= 0.3 is 0 Å². The zero-order valence-corrected chi connectivity index (χ0v) is 11.1. The molecule has 0 saturated carbocycles. The van der Waals surface area contributed by atoms with Crippen molar-refractivity contribution in [3.8, 4) is 0 Å². The van der Waals surface area contributed by atoms with Crippen LogP contribution in [0.1, 0.15) is 23.1 Å². The van der Waals surface area contributed by atoms with Crippen molar-refractivity contribution in [1.82, 2.24) is 5.32 Å². The number of hydrogen-bond donors (Lipinski definition) is 1. The Morgan fingerprint density at radius 3 is 2.82 bits per heavy atom. The first kappa shape index (κ1) is 12.6. The maximum atomic E-state index is 5.60. The molecule has 1 saturated heterocycles. The Bertz CT molecular complexity index is 375. The number of aryl methyl sites for hydroxylation is 2. The van der Waals surface area contributed by atoms with Crippen LogP contribution in [0.5, 0.6) is 0 Å². The lowest BCUT2D eigenvalue weighted by molar-refractivity contribution is 0.0342. The summed E-state index contributed by atoms with van der Waals surface area (Å²) < 4.78 is 5.60. The summed E-state index contributed by atoms with van der Waals surface area (Å²) in [6.07, 6.45) is 2.25. The van der Waals surface area contributed by atoms with Crippen LogP contribution in [-0.4, -0.2) is 26.3 Å². The minimum atomic E-state index is 0.602. The van der Waals surface area contributed by atoms with Gasteiger partial charge in [-0.3, -0.25) is 0 Å². The average molecular weight is 233 g/mol. The second-order valence-electron chi connectivity index (χ2n) is 5.14. The molecule has 1 N–H and O–H groups in total. The first-order chi connectivity index (χ1) is 8.20. The van der Waals surface area contributed by atoms with Gasteiger partial charge in [-0.15, -0.1) is 0 Å². The number of benzene rings is 1. The minimum Gasteiger partial charge on any atom is -0.381 e. The molecule has 0 radical (unpaired) electrons. The summed E-state index contributed by atoms with van der Waals surface area (Å²) >= 11 is 0. The van der Waals surface area contributed by atoms with E-state index in [2.05, 4.69) is 44.4 Å². The third-order valence-corrected chi connectivity index (χ3v) is 3.91. The molecule has 2 atom stereocenters. The third kappa shape index (κ3) is 3.08. The van der Waals surface area contributed by atoms with Crippen LogP contribution in [0.25, 0.3) is 0 Å². The van der Waals surface area contributed by atoms with Crippen molar-refractivity contribution >= 4 is 0 Å². The summed E-state index contributed by atoms with van der Waals surface area (Å²) in [5, 5.41) is 3.42. The molecule has 1 fully saturated rings. The lowest BCUT2D eigenvalue weighted by Crippen LogP contribution is -2.41. The Morgan fingerprint density at radius 1 is 1.29 bits per heavy atom. The summed E-state index contributed by atoms with van der Waals surface area (Å²) in [6, 6.07) is 7.40. The molecule has 1 aliphatic heterocycles. The summed E-state index contributed by atoms with van der Waals surface area (Å²) in [7, 11) is 2.06. The van der Waals surface area contributed by atoms with Crippen LogP contribution in [-0.2, 0) is 11.2 Å². The highest BCUT2D eigenvalue weighted by Gasteiger charge is 2.24. The molecule has 1 aliphatic rings. The lowest BCUT2D eigenvalue weighted by atomic mass is 9.89. The van der Waals surface area contributed by atoms with Crippen LogP contribution in [0.2, 0.25) is 0 Å². The molecule has 2 heteroatoms. The van der Waals surface area contributed by atoms with E-state index >= 15 is 0 Å². The summed E-state index contributed by atoms with van der Waals surface area (Å²) in [6.45, 7) is 6.14. The Labute approximate surface area is 104 Å². The molecule has 1 aromatic carbocycles. The van der Waals surface area contributed by atoms with E-state index < -0.39 is 0 Å². The second kappa shape index (κ2) is 5.65. The van der Waals surface area contributed by atoms with Gasteiger partial charge in [-0.2, -0.15) is 0 Å². The van der Waals surface area contributed by atoms with Gasteiger partial charge in [0.05, 0.1) is 6.61 Å². The zero-order valence-electron chi connectivity index (χ0n) is 11.1. The predicted molar refractivity (Wildman–Crippen MR) is 71.4 cm³/mol. The standard InChI is InChI=1S/C15H23NO/c1-11-4-5-13(8-12(11)2)9-14-10-17-7-6-15(14)16-3/h4-5,8,14-16H,6-7,9-10H2,1-3H3. The van der Waals surface area contributed by atoms with Gasteiger partial charge in [0, 0.05) is 18.6 Å². The van der Waals surface area contributed by atoms with Gasteiger partial charge in [-0.1, -0.05) is 18.2 Å². The van der Waals surface area contributed by atoms with Crippen LogP contribution in [0.15, 0.2) is 18.2 Å². The molecule has 1 aromatic rings. The van der Waals surface area contributed by atoms with E-state index in [1.54, 1.807) is 0 Å². The highest BCUT2D eigenvalue weighted by atomic mass is 16.5. The van der Waals surface area contributed by atoms with Gasteiger partial charge in [0.2, 0.25) is 0 Å². The SMILES string of the molecule is CNC1CCOCC1Cc1ccc(C)c(C)c1. The fourth-order valence-corrected chi connectivity index (χ4v) is 2.61. The Morgan fingerprint density at radius 2 is 2.12 bits per heavy atom. The van der Waals surface area contributed by atoms with Gasteiger partial charge in [0.1, 0.15) is 0 Å². The molecular weight excluding hydrogens is 210 g/mol. The van der Waals surface area contributed by atoms with E-state index in [0.29, 0.717) is 12.0 Å². The van der Waals surface area contributed by atoms with E-state index in [1.165, 1.54) is 16.7 Å². The fraction of sp³-hybridized carbons (Fsp3) is 0.600. The van der Waals surface area contributed by atoms with Crippen LogP contribution in [0.3, 0.4) is 0 Å². The topological polar surface area (TPSA) is 21.3 Å². The van der Waals surface area contributed by atoms with Crippen molar-refractivity contribution in [3.63, 3.8) is 0 Å². The molecule has 17 heavy (non-hydrogen) atoms. The quantitative estimate of drug-likeness (QED) is 0.866. The molecule has 0 spiro atoms. The molecule has 94 valence electrons. The number of hydrogen-bond acceptors (Lipinski definition) is 2. The van der Waals surface area contributed by atoms with Crippen LogP contribution in [0.4, 0.5) is 0 Å². The molecular formula is C15H23NO. The van der Waals surface area contributed by atoms with Gasteiger partial charge < -0.3 is 10.1 Å². The first-order valence-electron chi connectivity index (χ1n) is 6.52. The molecule has 2 nitrogen and oxygen atoms in total. The van der Waals surface area contributed by atoms with Crippen molar-refractivity contribution in [2.24, 2.45) is 5.92 Å². The first-order valence-corrected chi connectivity index (χ1v) is 6.52. The Kier molecular flexibility index (Phi) is 4.19. The van der Waals surface area contributed by atoms with E-state index in [-0.39, 0.29) is 0 Å². The average Bonchev–Trinajstić information content (AvgIpc) is 2.34. The van der Waals surface area contributed by atoms with Gasteiger partial charge in [0.25, 0.3) is 0 Å². The normalized spacial score (nSPS) is 24.9. The largest absolute Gasteiger partial charge is 0.381 e. The fourth-order valence-electron chi connectivity index (χ4n) is 2.61. The maximum Gasteiger partial charge on any atom is 0.0512 e. The number of ether oxygens (including phenoxy) is 1. The summed E-state index contributed by atoms with van der Waals surface area (Å²) in [5.74, 6) is 0.607. The lowest BCUT2D eigenvalue weighted by Gasteiger charge is -2.31. The van der Waals surface area contributed by atoms with E-state index in [0.717, 1.165) is 26.1 Å². The van der Waals surface area contributed by atoms with Crippen LogP contribution >= 0.6 is 0 Å². The summed E-state index contributed by atoms with van der Waals surface area (Å²) in [5.41, 5.74) is 4.20. The maximum absolute atomic E-state index is 5.60. The Balaban J connectivity index is 2.05. The highest BCUT2D eigenvalue weighted by molar-refractivity contribution is 5.30. The molecule has 0 amide bonds. The van der Waals surface area contributed by atoms with Crippen molar-refractivity contribution in [2.45, 2.75) is 32.7 Å². The van der Waals surface area contributed by atoms with Crippen molar-refractivity contribution in [2.75, 3.05) is 20.3 Å². The van der Waals surface area contributed by atoms with Crippen LogP contribution < -0.4 is 5.32 Å². The third-order valence-electron chi connectivity index (χ3n) is 3.91. The molecule has 0 bridgehead atoms. The second-order valence-corrected chi connectivity index (χ2v) is 5.14.